The van der Waals surface area contributed by atoms with E-state index in [9.17, 15) is 23.8 Å². The van der Waals surface area contributed by atoms with Crippen LogP contribution in [-0.2, 0) is 4.74 Å². The van der Waals surface area contributed by atoms with E-state index in [1.165, 1.54) is 17.4 Å². The number of hydrogen-bond acceptors (Lipinski definition) is 6. The number of morpholine rings is 1. The minimum atomic E-state index is -0.916. The van der Waals surface area contributed by atoms with Gasteiger partial charge in [-0.3, -0.25) is 4.79 Å². The number of aromatic nitrogens is 1. The van der Waals surface area contributed by atoms with E-state index in [2.05, 4.69) is 4.98 Å². The Morgan fingerprint density at radius 1 is 1.21 bits per heavy atom. The highest BCUT2D eigenvalue weighted by molar-refractivity contribution is 7.10. The second kappa shape index (κ2) is 7.76. The summed E-state index contributed by atoms with van der Waals surface area (Å²) in [6.07, 6.45) is -0.539. The molecule has 6 nitrogen and oxygen atoms in total. The van der Waals surface area contributed by atoms with Crippen molar-refractivity contribution in [1.29, 1.82) is 0 Å². The lowest BCUT2D eigenvalue weighted by Gasteiger charge is -2.32. The minimum Gasteiger partial charge on any atom is -0.507 e. The van der Waals surface area contributed by atoms with Crippen LogP contribution in [0.15, 0.2) is 41.8 Å². The van der Waals surface area contributed by atoms with E-state index in [0.717, 1.165) is 6.07 Å². The van der Waals surface area contributed by atoms with E-state index < -0.39 is 23.5 Å². The monoisotopic (exact) mass is 418 g/mol. The second-order valence-electron chi connectivity index (χ2n) is 6.48. The number of rotatable bonds is 3. The van der Waals surface area contributed by atoms with Gasteiger partial charge in [0.1, 0.15) is 34.2 Å². The summed E-state index contributed by atoms with van der Waals surface area (Å²) in [7, 11) is 0. The molecule has 150 valence electrons. The third-order valence-electron chi connectivity index (χ3n) is 4.58. The summed E-state index contributed by atoms with van der Waals surface area (Å²) in [6, 6.07) is 7.79. The molecule has 0 bridgehead atoms. The maximum Gasteiger partial charge on any atom is 0.257 e. The molecule has 1 aliphatic rings. The first-order chi connectivity index (χ1) is 13.9. The van der Waals surface area contributed by atoms with Crippen molar-refractivity contribution in [3.05, 3.63) is 64.0 Å². The van der Waals surface area contributed by atoms with Crippen LogP contribution in [0.25, 0.3) is 11.3 Å². The van der Waals surface area contributed by atoms with Crippen molar-refractivity contribution < 1.29 is 28.5 Å². The number of amides is 1. The Bertz CT molecular complexity index is 1050. The molecule has 2 aromatic carbocycles. The Kier molecular flexibility index (Phi) is 5.16. The van der Waals surface area contributed by atoms with Crippen LogP contribution in [-0.4, -0.2) is 45.7 Å². The average molecular weight is 418 g/mol. The first kappa shape index (κ1) is 19.3. The van der Waals surface area contributed by atoms with Crippen molar-refractivity contribution in [2.24, 2.45) is 0 Å². The fraction of sp³-hybridized carbons (Fsp3) is 0.200. The number of aromatic hydroxyl groups is 2. The van der Waals surface area contributed by atoms with Crippen molar-refractivity contribution >= 4 is 17.2 Å². The van der Waals surface area contributed by atoms with E-state index in [-0.39, 0.29) is 41.6 Å². The molecule has 1 aliphatic heterocycles. The van der Waals surface area contributed by atoms with E-state index in [0.29, 0.717) is 17.6 Å². The number of carbonyl (C=O) groups excluding carboxylic acids is 1. The first-order valence-corrected chi connectivity index (χ1v) is 9.64. The van der Waals surface area contributed by atoms with Gasteiger partial charge in [-0.05, 0) is 12.1 Å². The molecule has 4 rings (SSSR count). The molecule has 29 heavy (non-hydrogen) atoms. The second-order valence-corrected chi connectivity index (χ2v) is 7.37. The highest BCUT2D eigenvalue weighted by Gasteiger charge is 2.29. The van der Waals surface area contributed by atoms with Crippen LogP contribution in [0, 0.1) is 11.6 Å². The maximum absolute atomic E-state index is 14.1. The van der Waals surface area contributed by atoms with Crippen molar-refractivity contribution in [2.45, 2.75) is 6.10 Å². The summed E-state index contributed by atoms with van der Waals surface area (Å²) < 4.78 is 33.0. The summed E-state index contributed by atoms with van der Waals surface area (Å²) in [6.45, 7) is 0.836. The zero-order chi connectivity index (χ0) is 20.5. The summed E-state index contributed by atoms with van der Waals surface area (Å²) in [5.74, 6) is -2.76. The fourth-order valence-electron chi connectivity index (χ4n) is 3.17. The van der Waals surface area contributed by atoms with Crippen LogP contribution < -0.4 is 0 Å². The maximum atomic E-state index is 14.1. The predicted octanol–water partition coefficient (Wildman–Crippen LogP) is 3.71. The summed E-state index contributed by atoms with van der Waals surface area (Å²) in [5, 5.41) is 21.8. The van der Waals surface area contributed by atoms with Gasteiger partial charge in [-0.25, -0.2) is 13.8 Å². The van der Waals surface area contributed by atoms with Gasteiger partial charge in [0.05, 0.1) is 30.0 Å². The topological polar surface area (TPSA) is 82.9 Å². The van der Waals surface area contributed by atoms with Gasteiger partial charge in [-0.1, -0.05) is 12.1 Å². The Balaban J connectivity index is 1.56. The summed E-state index contributed by atoms with van der Waals surface area (Å²) in [5.41, 5.74) is 0.172. The fourth-order valence-corrected chi connectivity index (χ4v) is 4.02. The molecular formula is C20H16F2N2O4S. The Labute approximate surface area is 168 Å². The number of carbonyl (C=O) groups is 1. The van der Waals surface area contributed by atoms with Gasteiger partial charge in [-0.2, -0.15) is 0 Å². The van der Waals surface area contributed by atoms with Crippen LogP contribution in [0.4, 0.5) is 8.78 Å². The van der Waals surface area contributed by atoms with Crippen molar-refractivity contribution in [2.75, 3.05) is 19.7 Å². The molecule has 1 aromatic heterocycles. The minimum absolute atomic E-state index is 0.0978. The molecule has 1 atom stereocenters. The van der Waals surface area contributed by atoms with Crippen LogP contribution in [0.1, 0.15) is 21.5 Å². The standard InChI is InChI=1S/C20H16F2N2O4S/c21-11-7-13(22)18(16(26)8-11)14-10-29-19(23-14)17-9-24(5-6-28-17)20(27)12-3-1-2-4-15(12)25/h1-4,7-8,10,17,25-26H,5-6,9H2. The molecule has 3 aromatic rings. The van der Waals surface area contributed by atoms with Gasteiger partial charge >= 0.3 is 0 Å². The molecule has 1 amide bonds. The van der Waals surface area contributed by atoms with Gasteiger partial charge in [0.2, 0.25) is 0 Å². The molecule has 1 saturated heterocycles. The number of para-hydroxylation sites is 1. The number of ether oxygens (including phenoxy) is 1. The molecule has 2 N–H and O–H groups in total. The van der Waals surface area contributed by atoms with E-state index in [1.54, 1.807) is 28.5 Å². The van der Waals surface area contributed by atoms with Crippen molar-refractivity contribution in [3.63, 3.8) is 0 Å². The number of phenols is 2. The molecular weight excluding hydrogens is 402 g/mol. The number of halogens is 2. The van der Waals surface area contributed by atoms with Crippen molar-refractivity contribution in [3.8, 4) is 22.8 Å². The van der Waals surface area contributed by atoms with Crippen LogP contribution in [0.5, 0.6) is 11.5 Å². The molecule has 0 aliphatic carbocycles. The van der Waals surface area contributed by atoms with Gasteiger partial charge < -0.3 is 19.8 Å². The lowest BCUT2D eigenvalue weighted by Crippen LogP contribution is -2.42. The van der Waals surface area contributed by atoms with Crippen molar-refractivity contribution in [1.82, 2.24) is 9.88 Å². The van der Waals surface area contributed by atoms with E-state index in [4.69, 9.17) is 4.74 Å². The van der Waals surface area contributed by atoms with Gasteiger partial charge in [0.25, 0.3) is 5.91 Å². The highest BCUT2D eigenvalue weighted by atomic mass is 32.1. The van der Waals surface area contributed by atoms with Crippen LogP contribution in [0.3, 0.4) is 0 Å². The van der Waals surface area contributed by atoms with Crippen LogP contribution >= 0.6 is 11.3 Å². The molecule has 0 saturated carbocycles. The Hall–Kier alpha value is -3.04. The summed E-state index contributed by atoms with van der Waals surface area (Å²) >= 11 is 1.19. The third kappa shape index (κ3) is 3.79. The average Bonchev–Trinajstić information content (AvgIpc) is 3.17. The highest BCUT2D eigenvalue weighted by Crippen LogP contribution is 2.36. The van der Waals surface area contributed by atoms with Gasteiger partial charge in [0.15, 0.2) is 0 Å². The smallest absolute Gasteiger partial charge is 0.257 e. The first-order valence-electron chi connectivity index (χ1n) is 8.76. The molecule has 0 spiro atoms. The lowest BCUT2D eigenvalue weighted by atomic mass is 10.1. The largest absolute Gasteiger partial charge is 0.507 e. The third-order valence-corrected chi connectivity index (χ3v) is 5.51. The Morgan fingerprint density at radius 3 is 2.76 bits per heavy atom. The number of phenolic OH excluding ortho intramolecular Hbond substituents is 2. The van der Waals surface area contributed by atoms with Gasteiger partial charge in [-0.15, -0.1) is 11.3 Å². The SMILES string of the molecule is O=C(c1ccccc1O)N1CCOC(c2nc(-c3c(O)cc(F)cc3F)cs2)C1. The predicted molar refractivity (Wildman–Crippen MR) is 102 cm³/mol. The Morgan fingerprint density at radius 2 is 2.00 bits per heavy atom. The quantitative estimate of drug-likeness (QED) is 0.678. The zero-order valence-electron chi connectivity index (χ0n) is 15.0. The lowest BCUT2D eigenvalue weighted by molar-refractivity contribution is -0.0229. The summed E-state index contributed by atoms with van der Waals surface area (Å²) in [4.78, 5) is 18.6. The van der Waals surface area contributed by atoms with E-state index in [1.807, 2.05) is 0 Å². The van der Waals surface area contributed by atoms with Crippen LogP contribution in [0.2, 0.25) is 0 Å². The van der Waals surface area contributed by atoms with Gasteiger partial charge in [0, 0.05) is 24.1 Å². The number of nitrogens with zero attached hydrogens (tertiary/aromatic N) is 2. The molecule has 2 heterocycles. The molecule has 9 heteroatoms. The molecule has 0 radical (unpaired) electrons. The zero-order valence-corrected chi connectivity index (χ0v) is 15.8. The normalized spacial score (nSPS) is 16.8. The number of thiazole rings is 1. The molecule has 1 fully saturated rings. The van der Waals surface area contributed by atoms with E-state index >= 15 is 0 Å². The number of benzene rings is 2. The number of hydrogen-bond donors (Lipinski definition) is 2. The molecule has 1 unspecified atom stereocenters.